The van der Waals surface area contributed by atoms with Gasteiger partial charge < -0.3 is 14.1 Å². The monoisotopic (exact) mass is 363 g/mol. The van der Waals surface area contributed by atoms with Crippen LogP contribution in [0.1, 0.15) is 24.2 Å². The Labute approximate surface area is 159 Å². The molecule has 1 aliphatic rings. The highest BCUT2D eigenvalue weighted by molar-refractivity contribution is 5.76. The molecule has 1 aliphatic heterocycles. The molecular formula is C22H25N3O2. The van der Waals surface area contributed by atoms with Crippen LogP contribution in [0.3, 0.4) is 0 Å². The van der Waals surface area contributed by atoms with Crippen LogP contribution < -0.4 is 4.74 Å². The van der Waals surface area contributed by atoms with E-state index in [1.807, 2.05) is 18.2 Å². The number of piperidine rings is 1. The molecule has 0 N–H and O–H groups in total. The van der Waals surface area contributed by atoms with Crippen LogP contribution in [0.5, 0.6) is 5.75 Å². The minimum absolute atomic E-state index is 0.151. The van der Waals surface area contributed by atoms with E-state index in [2.05, 4.69) is 39.8 Å². The zero-order valence-electron chi connectivity index (χ0n) is 15.7. The second-order valence-electron chi connectivity index (χ2n) is 7.22. The van der Waals surface area contributed by atoms with E-state index >= 15 is 0 Å². The van der Waals surface area contributed by atoms with Gasteiger partial charge in [-0.25, -0.2) is 4.98 Å². The number of hydrogen-bond acceptors (Lipinski definition) is 4. The third-order valence-corrected chi connectivity index (χ3v) is 5.33. The van der Waals surface area contributed by atoms with Crippen LogP contribution in [-0.4, -0.2) is 40.9 Å². The van der Waals surface area contributed by atoms with Crippen molar-refractivity contribution in [3.63, 3.8) is 0 Å². The van der Waals surface area contributed by atoms with Gasteiger partial charge in [-0.15, -0.1) is 0 Å². The van der Waals surface area contributed by atoms with Crippen molar-refractivity contribution in [2.24, 2.45) is 5.92 Å². The van der Waals surface area contributed by atoms with E-state index in [-0.39, 0.29) is 5.92 Å². The summed E-state index contributed by atoms with van der Waals surface area (Å²) in [5, 5.41) is 0. The molecule has 0 radical (unpaired) electrons. The standard InChI is InChI=1S/C22H25N3O2/c1-27-19-10-8-17(9-11-19)14-25-21-7-3-2-6-20(21)23-22(25)15-24-12-4-5-18(13-24)16-26/h2-3,6-11,16,18H,4-5,12-15H2,1H3/t18-/m1/s1. The van der Waals surface area contributed by atoms with E-state index in [1.54, 1.807) is 7.11 Å². The molecule has 0 aliphatic carbocycles. The first-order valence-corrected chi connectivity index (χ1v) is 9.51. The summed E-state index contributed by atoms with van der Waals surface area (Å²) < 4.78 is 7.56. The summed E-state index contributed by atoms with van der Waals surface area (Å²) >= 11 is 0. The third-order valence-electron chi connectivity index (χ3n) is 5.33. The lowest BCUT2D eigenvalue weighted by atomic mass is 10.00. The van der Waals surface area contributed by atoms with Crippen molar-refractivity contribution in [2.75, 3.05) is 20.2 Å². The van der Waals surface area contributed by atoms with Crippen molar-refractivity contribution in [1.82, 2.24) is 14.5 Å². The van der Waals surface area contributed by atoms with Gasteiger partial charge in [0.2, 0.25) is 0 Å². The van der Waals surface area contributed by atoms with Crippen LogP contribution >= 0.6 is 0 Å². The van der Waals surface area contributed by atoms with Gasteiger partial charge in [-0.3, -0.25) is 4.90 Å². The van der Waals surface area contributed by atoms with Gasteiger partial charge >= 0.3 is 0 Å². The summed E-state index contributed by atoms with van der Waals surface area (Å²) in [5.41, 5.74) is 3.38. The van der Waals surface area contributed by atoms with Gasteiger partial charge in [0.25, 0.3) is 0 Å². The van der Waals surface area contributed by atoms with Crippen molar-refractivity contribution in [3.8, 4) is 5.75 Å². The number of likely N-dealkylation sites (tertiary alicyclic amines) is 1. The first-order chi connectivity index (χ1) is 13.3. The Kier molecular flexibility index (Phi) is 5.21. The normalized spacial score (nSPS) is 17.9. The maximum absolute atomic E-state index is 11.2. The number of methoxy groups -OCH3 is 1. The van der Waals surface area contributed by atoms with E-state index < -0.39 is 0 Å². The first-order valence-electron chi connectivity index (χ1n) is 9.51. The number of nitrogens with zero attached hydrogens (tertiary/aromatic N) is 3. The molecule has 1 atom stereocenters. The summed E-state index contributed by atoms with van der Waals surface area (Å²) in [4.78, 5) is 18.5. The average molecular weight is 363 g/mol. The predicted octanol–water partition coefficient (Wildman–Crippen LogP) is 3.50. The zero-order valence-corrected chi connectivity index (χ0v) is 15.7. The van der Waals surface area contributed by atoms with Crippen LogP contribution in [0.25, 0.3) is 11.0 Å². The number of aldehydes is 1. The van der Waals surface area contributed by atoms with Gasteiger partial charge in [-0.2, -0.15) is 0 Å². The molecule has 0 amide bonds. The predicted molar refractivity (Wildman–Crippen MR) is 106 cm³/mol. The second kappa shape index (κ2) is 7.92. The summed E-state index contributed by atoms with van der Waals surface area (Å²) in [6, 6.07) is 16.5. The summed E-state index contributed by atoms with van der Waals surface area (Å²) in [6.07, 6.45) is 3.18. The molecule has 1 fully saturated rings. The van der Waals surface area contributed by atoms with Gasteiger partial charge in [0, 0.05) is 19.0 Å². The molecule has 140 valence electrons. The highest BCUT2D eigenvalue weighted by atomic mass is 16.5. The van der Waals surface area contributed by atoms with Crippen LogP contribution in [-0.2, 0) is 17.9 Å². The minimum atomic E-state index is 0.151. The number of fused-ring (bicyclic) bond motifs is 1. The Balaban J connectivity index is 1.63. The number of benzene rings is 2. The number of rotatable bonds is 6. The SMILES string of the molecule is COc1ccc(Cn2c(CN3CCC[C@@H](C=O)C3)nc3ccccc32)cc1. The fourth-order valence-electron chi connectivity index (χ4n) is 3.88. The Morgan fingerprint density at radius 1 is 1.15 bits per heavy atom. The number of para-hydroxylation sites is 2. The number of carbonyl (C=O) groups is 1. The number of imidazole rings is 1. The fraction of sp³-hybridized carbons (Fsp3) is 0.364. The second-order valence-corrected chi connectivity index (χ2v) is 7.22. The Hall–Kier alpha value is -2.66. The van der Waals surface area contributed by atoms with Crippen LogP contribution in [0.4, 0.5) is 0 Å². The summed E-state index contributed by atoms with van der Waals surface area (Å²) in [7, 11) is 1.68. The van der Waals surface area contributed by atoms with Gasteiger partial charge in [0.05, 0.1) is 24.7 Å². The molecule has 0 unspecified atom stereocenters. The number of hydrogen-bond donors (Lipinski definition) is 0. The first kappa shape index (κ1) is 17.7. The fourth-order valence-corrected chi connectivity index (χ4v) is 3.88. The highest BCUT2D eigenvalue weighted by Crippen LogP contribution is 2.22. The quantitative estimate of drug-likeness (QED) is 0.629. The molecule has 3 aromatic rings. The van der Waals surface area contributed by atoms with E-state index in [1.165, 1.54) is 5.56 Å². The molecule has 0 bridgehead atoms. The molecule has 2 heterocycles. The van der Waals surface area contributed by atoms with Crippen molar-refractivity contribution in [2.45, 2.75) is 25.9 Å². The minimum Gasteiger partial charge on any atom is -0.497 e. The summed E-state index contributed by atoms with van der Waals surface area (Å²) in [6.45, 7) is 3.39. The number of carbonyl (C=O) groups excluding carboxylic acids is 1. The molecule has 5 nitrogen and oxygen atoms in total. The van der Waals surface area contributed by atoms with Gasteiger partial charge in [0.15, 0.2) is 0 Å². The topological polar surface area (TPSA) is 47.4 Å². The lowest BCUT2D eigenvalue weighted by molar-refractivity contribution is -0.112. The molecule has 5 heteroatoms. The highest BCUT2D eigenvalue weighted by Gasteiger charge is 2.21. The van der Waals surface area contributed by atoms with Crippen molar-refractivity contribution in [3.05, 3.63) is 59.9 Å². The molecular weight excluding hydrogens is 338 g/mol. The third kappa shape index (κ3) is 3.88. The van der Waals surface area contributed by atoms with Crippen molar-refractivity contribution in [1.29, 1.82) is 0 Å². The van der Waals surface area contributed by atoms with Crippen molar-refractivity contribution < 1.29 is 9.53 Å². The lowest BCUT2D eigenvalue weighted by Crippen LogP contribution is -2.36. The lowest BCUT2D eigenvalue weighted by Gasteiger charge is -2.29. The van der Waals surface area contributed by atoms with E-state index in [9.17, 15) is 4.79 Å². The number of ether oxygens (including phenoxy) is 1. The largest absolute Gasteiger partial charge is 0.497 e. The zero-order chi connectivity index (χ0) is 18.6. The average Bonchev–Trinajstić information content (AvgIpc) is 3.06. The Morgan fingerprint density at radius 3 is 2.74 bits per heavy atom. The Morgan fingerprint density at radius 2 is 1.96 bits per heavy atom. The van der Waals surface area contributed by atoms with E-state index in [0.717, 1.165) is 67.9 Å². The van der Waals surface area contributed by atoms with Gasteiger partial charge in [-0.1, -0.05) is 24.3 Å². The maximum atomic E-state index is 11.2. The van der Waals surface area contributed by atoms with Crippen LogP contribution in [0.15, 0.2) is 48.5 Å². The molecule has 2 aromatic carbocycles. The molecule has 1 aromatic heterocycles. The van der Waals surface area contributed by atoms with E-state index in [0.29, 0.717) is 0 Å². The molecule has 1 saturated heterocycles. The summed E-state index contributed by atoms with van der Waals surface area (Å²) in [5.74, 6) is 2.07. The number of aromatic nitrogens is 2. The molecule has 27 heavy (non-hydrogen) atoms. The Bertz CT molecular complexity index is 917. The van der Waals surface area contributed by atoms with E-state index in [4.69, 9.17) is 9.72 Å². The van der Waals surface area contributed by atoms with Crippen LogP contribution in [0, 0.1) is 5.92 Å². The van der Waals surface area contributed by atoms with Crippen molar-refractivity contribution >= 4 is 17.3 Å². The molecule has 4 rings (SSSR count). The smallest absolute Gasteiger partial charge is 0.124 e. The molecule has 0 saturated carbocycles. The van der Waals surface area contributed by atoms with Gasteiger partial charge in [-0.05, 0) is 49.2 Å². The maximum Gasteiger partial charge on any atom is 0.124 e. The molecule has 0 spiro atoms. The van der Waals surface area contributed by atoms with Crippen LogP contribution in [0.2, 0.25) is 0 Å². The van der Waals surface area contributed by atoms with Gasteiger partial charge in [0.1, 0.15) is 17.9 Å².